The van der Waals surface area contributed by atoms with E-state index in [-0.39, 0.29) is 5.91 Å². The lowest BCUT2D eigenvalue weighted by Gasteiger charge is -2.31. The maximum absolute atomic E-state index is 12.5. The molecule has 1 fully saturated rings. The van der Waals surface area contributed by atoms with Gasteiger partial charge in [-0.25, -0.2) is 0 Å². The van der Waals surface area contributed by atoms with E-state index in [1.807, 2.05) is 30.0 Å². The monoisotopic (exact) mass is 270 g/mol. The molecule has 3 heteroatoms. The molecule has 1 aromatic rings. The normalized spacial score (nSPS) is 18.4. The first kappa shape index (κ1) is 14.6. The van der Waals surface area contributed by atoms with Gasteiger partial charge in [0.15, 0.2) is 0 Å². The number of carbonyl (C=O) groups is 1. The van der Waals surface area contributed by atoms with Gasteiger partial charge in [0.2, 0.25) is 0 Å². The van der Waals surface area contributed by atoms with E-state index in [1.165, 1.54) is 6.42 Å². The second-order valence-electron chi connectivity index (χ2n) is 5.53. The van der Waals surface area contributed by atoms with E-state index in [9.17, 15) is 4.79 Å². The Balaban J connectivity index is 2.21. The Morgan fingerprint density at radius 1 is 1.50 bits per heavy atom. The van der Waals surface area contributed by atoms with Gasteiger partial charge < -0.3 is 10.6 Å². The number of amides is 1. The predicted molar refractivity (Wildman–Crippen MR) is 81.4 cm³/mol. The average Bonchev–Trinajstić information content (AvgIpc) is 2.45. The third-order valence-corrected chi connectivity index (χ3v) is 3.75. The molecule has 0 aromatic heterocycles. The third-order valence-electron chi connectivity index (χ3n) is 3.75. The van der Waals surface area contributed by atoms with Gasteiger partial charge in [0.1, 0.15) is 0 Å². The van der Waals surface area contributed by atoms with E-state index >= 15 is 0 Å². The molecule has 1 aromatic carbocycles. The maximum atomic E-state index is 12.5. The minimum Gasteiger partial charge on any atom is -0.338 e. The summed E-state index contributed by atoms with van der Waals surface area (Å²) in [6.07, 6.45) is 2.31. The molecule has 0 aliphatic carbocycles. The van der Waals surface area contributed by atoms with Gasteiger partial charge in [-0.1, -0.05) is 24.8 Å². The summed E-state index contributed by atoms with van der Waals surface area (Å²) in [5, 5.41) is 0. The van der Waals surface area contributed by atoms with Gasteiger partial charge in [0, 0.05) is 24.2 Å². The summed E-state index contributed by atoms with van der Waals surface area (Å²) in [7, 11) is 0. The molecule has 1 aliphatic heterocycles. The molecular formula is C17H22N2O. The molecule has 106 valence electrons. The zero-order valence-corrected chi connectivity index (χ0v) is 12.3. The van der Waals surface area contributed by atoms with E-state index in [4.69, 9.17) is 5.73 Å². The van der Waals surface area contributed by atoms with Crippen molar-refractivity contribution in [3.05, 3.63) is 34.9 Å². The van der Waals surface area contributed by atoms with Gasteiger partial charge in [-0.05, 0) is 43.4 Å². The number of piperidine rings is 1. The molecule has 2 N–H and O–H groups in total. The van der Waals surface area contributed by atoms with Gasteiger partial charge in [-0.15, -0.1) is 0 Å². The third kappa shape index (κ3) is 3.40. The SMILES string of the molecule is Cc1ccc(C(=O)N2CCCC(C)C2)cc1C#CCN. The lowest BCUT2D eigenvalue weighted by molar-refractivity contribution is 0.0683. The second kappa shape index (κ2) is 6.58. The van der Waals surface area contributed by atoms with Gasteiger partial charge in [-0.3, -0.25) is 4.79 Å². The summed E-state index contributed by atoms with van der Waals surface area (Å²) in [6, 6.07) is 5.74. The first-order valence-corrected chi connectivity index (χ1v) is 7.20. The van der Waals surface area contributed by atoms with Crippen molar-refractivity contribution in [1.29, 1.82) is 0 Å². The van der Waals surface area contributed by atoms with Gasteiger partial charge in [0.25, 0.3) is 5.91 Å². The minimum absolute atomic E-state index is 0.118. The lowest BCUT2D eigenvalue weighted by atomic mass is 9.98. The predicted octanol–water partition coefficient (Wildman–Crippen LogP) is 2.18. The summed E-state index contributed by atoms with van der Waals surface area (Å²) in [4.78, 5) is 14.5. The van der Waals surface area contributed by atoms with Crippen LogP contribution in [0.5, 0.6) is 0 Å². The fourth-order valence-electron chi connectivity index (χ4n) is 2.59. The maximum Gasteiger partial charge on any atom is 0.253 e. The first-order valence-electron chi connectivity index (χ1n) is 7.20. The quantitative estimate of drug-likeness (QED) is 0.795. The number of likely N-dealkylation sites (tertiary alicyclic amines) is 1. The molecule has 1 amide bonds. The summed E-state index contributed by atoms with van der Waals surface area (Å²) >= 11 is 0. The molecule has 1 aliphatic rings. The Morgan fingerprint density at radius 2 is 2.30 bits per heavy atom. The van der Waals surface area contributed by atoms with Crippen molar-refractivity contribution in [2.75, 3.05) is 19.6 Å². The minimum atomic E-state index is 0.118. The van der Waals surface area contributed by atoms with E-state index in [2.05, 4.69) is 18.8 Å². The Bertz CT molecular complexity index is 554. The molecule has 0 bridgehead atoms. The summed E-state index contributed by atoms with van der Waals surface area (Å²) < 4.78 is 0. The van der Waals surface area contributed by atoms with Gasteiger partial charge in [0.05, 0.1) is 6.54 Å². The second-order valence-corrected chi connectivity index (χ2v) is 5.53. The number of rotatable bonds is 1. The van der Waals surface area contributed by atoms with E-state index in [0.29, 0.717) is 12.5 Å². The van der Waals surface area contributed by atoms with Crippen molar-refractivity contribution in [3.63, 3.8) is 0 Å². The van der Waals surface area contributed by atoms with Crippen molar-refractivity contribution in [2.24, 2.45) is 11.7 Å². The van der Waals surface area contributed by atoms with Crippen molar-refractivity contribution in [3.8, 4) is 11.8 Å². The van der Waals surface area contributed by atoms with Crippen LogP contribution in [0.3, 0.4) is 0 Å². The van der Waals surface area contributed by atoms with Crippen LogP contribution in [-0.4, -0.2) is 30.4 Å². The van der Waals surface area contributed by atoms with Crippen LogP contribution >= 0.6 is 0 Å². The summed E-state index contributed by atoms with van der Waals surface area (Å²) in [5.41, 5.74) is 8.11. The number of aryl methyl sites for hydroxylation is 1. The van der Waals surface area contributed by atoms with Crippen LogP contribution in [0.4, 0.5) is 0 Å². The van der Waals surface area contributed by atoms with Crippen LogP contribution in [0.2, 0.25) is 0 Å². The highest BCUT2D eigenvalue weighted by Crippen LogP contribution is 2.19. The number of benzene rings is 1. The largest absolute Gasteiger partial charge is 0.338 e. The molecular weight excluding hydrogens is 248 g/mol. The van der Waals surface area contributed by atoms with Gasteiger partial charge >= 0.3 is 0 Å². The molecule has 0 spiro atoms. The standard InChI is InChI=1S/C17H22N2O/c1-13-5-4-10-19(12-13)17(20)16-8-7-14(2)15(11-16)6-3-9-18/h7-8,11,13H,4-5,9-10,12,18H2,1-2H3. The highest BCUT2D eigenvalue weighted by atomic mass is 16.2. The van der Waals surface area contributed by atoms with Crippen molar-refractivity contribution in [2.45, 2.75) is 26.7 Å². The molecule has 1 saturated heterocycles. The van der Waals surface area contributed by atoms with E-state index in [0.717, 1.165) is 36.2 Å². The number of hydrogen-bond acceptors (Lipinski definition) is 2. The highest BCUT2D eigenvalue weighted by molar-refractivity contribution is 5.94. The molecule has 3 nitrogen and oxygen atoms in total. The van der Waals surface area contributed by atoms with E-state index < -0.39 is 0 Å². The fraction of sp³-hybridized carbons (Fsp3) is 0.471. The van der Waals surface area contributed by atoms with Crippen LogP contribution in [0, 0.1) is 24.7 Å². The molecule has 0 saturated carbocycles. The lowest BCUT2D eigenvalue weighted by Crippen LogP contribution is -2.39. The van der Waals surface area contributed by atoms with Crippen LogP contribution in [0.15, 0.2) is 18.2 Å². The van der Waals surface area contributed by atoms with E-state index in [1.54, 1.807) is 0 Å². The average molecular weight is 270 g/mol. The van der Waals surface area contributed by atoms with Crippen LogP contribution in [0.25, 0.3) is 0 Å². The number of nitrogens with two attached hydrogens (primary N) is 1. The number of carbonyl (C=O) groups excluding carboxylic acids is 1. The zero-order chi connectivity index (χ0) is 14.5. The van der Waals surface area contributed by atoms with Crippen molar-refractivity contribution < 1.29 is 4.79 Å². The number of hydrogen-bond donors (Lipinski definition) is 1. The van der Waals surface area contributed by atoms with Crippen LogP contribution in [-0.2, 0) is 0 Å². The Hall–Kier alpha value is -1.79. The molecule has 0 radical (unpaired) electrons. The van der Waals surface area contributed by atoms with Crippen molar-refractivity contribution in [1.82, 2.24) is 4.90 Å². The van der Waals surface area contributed by atoms with Crippen LogP contribution < -0.4 is 5.73 Å². The molecule has 20 heavy (non-hydrogen) atoms. The van der Waals surface area contributed by atoms with Crippen LogP contribution in [0.1, 0.15) is 41.3 Å². The molecule has 1 atom stereocenters. The summed E-state index contributed by atoms with van der Waals surface area (Å²) in [6.45, 7) is 6.25. The Morgan fingerprint density at radius 3 is 3.00 bits per heavy atom. The van der Waals surface area contributed by atoms with Gasteiger partial charge in [-0.2, -0.15) is 0 Å². The highest BCUT2D eigenvalue weighted by Gasteiger charge is 2.22. The summed E-state index contributed by atoms with van der Waals surface area (Å²) in [5.74, 6) is 6.60. The topological polar surface area (TPSA) is 46.3 Å². The smallest absolute Gasteiger partial charge is 0.253 e. The molecule has 2 rings (SSSR count). The molecule has 1 unspecified atom stereocenters. The Labute approximate surface area is 121 Å². The first-order chi connectivity index (χ1) is 9.61. The molecule has 1 heterocycles. The fourth-order valence-corrected chi connectivity index (χ4v) is 2.59. The Kier molecular flexibility index (Phi) is 4.81. The van der Waals surface area contributed by atoms with Crippen molar-refractivity contribution >= 4 is 5.91 Å². The zero-order valence-electron chi connectivity index (χ0n) is 12.3. The number of nitrogens with zero attached hydrogens (tertiary/aromatic N) is 1.